The number of aromatic nitrogens is 1. The zero-order chi connectivity index (χ0) is 13.5. The molecule has 1 aromatic rings. The van der Waals surface area contributed by atoms with E-state index in [1.54, 1.807) is 20.1 Å². The molecule has 0 spiro atoms. The molecular formula is C12H18ClN3O2. The summed E-state index contributed by atoms with van der Waals surface area (Å²) in [6.45, 7) is 3.41. The van der Waals surface area contributed by atoms with Crippen LogP contribution in [0.15, 0.2) is 18.2 Å². The highest BCUT2D eigenvalue weighted by molar-refractivity contribution is 6.29. The summed E-state index contributed by atoms with van der Waals surface area (Å²) in [7, 11) is 1.62. The number of pyridine rings is 1. The number of carbonyl (C=O) groups excluding carboxylic acids is 1. The molecule has 0 saturated heterocycles. The van der Waals surface area contributed by atoms with E-state index in [1.165, 1.54) is 0 Å². The number of amides is 1. The molecule has 0 fully saturated rings. The summed E-state index contributed by atoms with van der Waals surface area (Å²) in [4.78, 5) is 17.4. The van der Waals surface area contributed by atoms with Gasteiger partial charge in [-0.05, 0) is 19.1 Å². The number of halogens is 1. The van der Waals surface area contributed by atoms with Crippen molar-refractivity contribution in [1.29, 1.82) is 0 Å². The summed E-state index contributed by atoms with van der Waals surface area (Å²) in [6, 6.07) is 5.02. The summed E-state index contributed by atoms with van der Waals surface area (Å²) >= 11 is 5.83. The molecule has 0 aromatic carbocycles. The van der Waals surface area contributed by atoms with Gasteiger partial charge in [0.1, 0.15) is 5.15 Å². The Balaban J connectivity index is 2.74. The Bertz CT molecular complexity index is 401. The molecule has 0 bridgehead atoms. The van der Waals surface area contributed by atoms with E-state index in [1.807, 2.05) is 17.0 Å². The van der Waals surface area contributed by atoms with Crippen LogP contribution < -0.4 is 5.73 Å². The van der Waals surface area contributed by atoms with E-state index >= 15 is 0 Å². The predicted molar refractivity (Wildman–Crippen MR) is 70.2 cm³/mol. The van der Waals surface area contributed by atoms with Crippen LogP contribution >= 0.6 is 11.6 Å². The molecule has 0 aliphatic carbocycles. The van der Waals surface area contributed by atoms with Gasteiger partial charge in [0, 0.05) is 20.2 Å². The molecule has 1 aromatic heterocycles. The van der Waals surface area contributed by atoms with Crippen LogP contribution in [0.5, 0.6) is 0 Å². The molecule has 0 aliphatic rings. The maximum Gasteiger partial charge on any atom is 0.234 e. The molecule has 0 radical (unpaired) electrons. The third kappa shape index (κ3) is 4.60. The monoisotopic (exact) mass is 271 g/mol. The first kappa shape index (κ1) is 14.9. The fraction of sp³-hybridized carbons (Fsp3) is 0.500. The second-order valence-electron chi connectivity index (χ2n) is 3.99. The van der Waals surface area contributed by atoms with Crippen LogP contribution in [0.1, 0.15) is 12.6 Å². The Morgan fingerprint density at radius 2 is 2.33 bits per heavy atom. The van der Waals surface area contributed by atoms with Gasteiger partial charge >= 0.3 is 0 Å². The van der Waals surface area contributed by atoms with E-state index in [-0.39, 0.29) is 11.9 Å². The normalized spacial score (nSPS) is 12.7. The van der Waals surface area contributed by atoms with E-state index in [0.717, 1.165) is 5.69 Å². The fourth-order valence-electron chi connectivity index (χ4n) is 1.54. The highest BCUT2D eigenvalue weighted by Crippen LogP contribution is 2.10. The maximum atomic E-state index is 11.3. The van der Waals surface area contributed by atoms with Crippen molar-refractivity contribution in [3.63, 3.8) is 0 Å². The Hall–Kier alpha value is -1.17. The Morgan fingerprint density at radius 3 is 2.89 bits per heavy atom. The van der Waals surface area contributed by atoms with Gasteiger partial charge in [-0.15, -0.1) is 0 Å². The number of nitrogens with two attached hydrogens (primary N) is 1. The number of rotatable bonds is 7. The lowest BCUT2D eigenvalue weighted by Crippen LogP contribution is -2.43. The summed E-state index contributed by atoms with van der Waals surface area (Å²) in [5.74, 6) is -0.367. The first-order chi connectivity index (χ1) is 8.54. The average Bonchev–Trinajstić information content (AvgIpc) is 2.33. The molecule has 100 valence electrons. The van der Waals surface area contributed by atoms with E-state index in [4.69, 9.17) is 22.1 Å². The van der Waals surface area contributed by atoms with Crippen molar-refractivity contribution in [2.24, 2.45) is 5.73 Å². The second kappa shape index (κ2) is 7.31. The molecule has 6 heteroatoms. The van der Waals surface area contributed by atoms with Gasteiger partial charge < -0.3 is 10.5 Å². The molecule has 0 aliphatic heterocycles. The van der Waals surface area contributed by atoms with Gasteiger partial charge in [0.2, 0.25) is 5.91 Å². The van der Waals surface area contributed by atoms with E-state index in [2.05, 4.69) is 4.98 Å². The van der Waals surface area contributed by atoms with Gasteiger partial charge in [0.05, 0.1) is 18.3 Å². The molecule has 1 heterocycles. The molecule has 0 saturated carbocycles. The van der Waals surface area contributed by atoms with Crippen LogP contribution in [0.2, 0.25) is 5.15 Å². The topological polar surface area (TPSA) is 68.4 Å². The van der Waals surface area contributed by atoms with Gasteiger partial charge in [0.25, 0.3) is 0 Å². The number of hydrogen-bond acceptors (Lipinski definition) is 4. The predicted octanol–water partition coefficient (Wildman–Crippen LogP) is 1.06. The summed E-state index contributed by atoms with van der Waals surface area (Å²) in [5.41, 5.74) is 6.12. The quantitative estimate of drug-likeness (QED) is 0.753. The number of ether oxygens (including phenoxy) is 1. The number of methoxy groups -OCH3 is 1. The smallest absolute Gasteiger partial charge is 0.234 e. The lowest BCUT2D eigenvalue weighted by atomic mass is 10.2. The fourth-order valence-corrected chi connectivity index (χ4v) is 1.73. The highest BCUT2D eigenvalue weighted by Gasteiger charge is 2.19. The number of carbonyl (C=O) groups is 1. The highest BCUT2D eigenvalue weighted by atomic mass is 35.5. The first-order valence-electron chi connectivity index (χ1n) is 5.68. The maximum absolute atomic E-state index is 11.3. The van der Waals surface area contributed by atoms with Crippen LogP contribution in [0.3, 0.4) is 0 Å². The minimum atomic E-state index is -0.374. The Labute approximate surface area is 112 Å². The van der Waals surface area contributed by atoms with Gasteiger partial charge in [0.15, 0.2) is 0 Å². The lowest BCUT2D eigenvalue weighted by molar-refractivity contribution is -0.123. The molecular weight excluding hydrogens is 254 g/mol. The van der Waals surface area contributed by atoms with Gasteiger partial charge in [-0.1, -0.05) is 17.7 Å². The van der Waals surface area contributed by atoms with E-state index in [9.17, 15) is 4.79 Å². The molecule has 18 heavy (non-hydrogen) atoms. The minimum absolute atomic E-state index is 0.367. The molecule has 1 rings (SSSR count). The van der Waals surface area contributed by atoms with Crippen molar-refractivity contribution in [2.75, 3.05) is 20.3 Å². The third-order valence-corrected chi connectivity index (χ3v) is 2.89. The van der Waals surface area contributed by atoms with Crippen molar-refractivity contribution in [3.05, 3.63) is 29.0 Å². The second-order valence-corrected chi connectivity index (χ2v) is 4.38. The molecule has 2 N–H and O–H groups in total. The Kier molecular flexibility index (Phi) is 6.04. The standard InChI is InChI=1S/C12H18ClN3O2/c1-9(12(14)17)16(6-7-18-2)8-10-4-3-5-11(13)15-10/h3-5,9H,6-8H2,1-2H3,(H2,14,17). The average molecular weight is 272 g/mol. The largest absolute Gasteiger partial charge is 0.383 e. The Morgan fingerprint density at radius 1 is 1.61 bits per heavy atom. The summed E-state index contributed by atoms with van der Waals surface area (Å²) < 4.78 is 5.02. The zero-order valence-electron chi connectivity index (χ0n) is 10.6. The van der Waals surface area contributed by atoms with Crippen molar-refractivity contribution in [3.8, 4) is 0 Å². The van der Waals surface area contributed by atoms with Crippen LogP contribution in [-0.2, 0) is 16.1 Å². The lowest BCUT2D eigenvalue weighted by Gasteiger charge is -2.26. The van der Waals surface area contributed by atoms with Crippen molar-refractivity contribution in [2.45, 2.75) is 19.5 Å². The van der Waals surface area contributed by atoms with E-state index in [0.29, 0.717) is 24.8 Å². The first-order valence-corrected chi connectivity index (χ1v) is 6.06. The SMILES string of the molecule is COCCN(Cc1cccc(Cl)n1)C(C)C(N)=O. The minimum Gasteiger partial charge on any atom is -0.383 e. The summed E-state index contributed by atoms with van der Waals surface area (Å²) in [5, 5.41) is 0.436. The number of hydrogen-bond donors (Lipinski definition) is 1. The van der Waals surface area contributed by atoms with Crippen LogP contribution in [0.4, 0.5) is 0 Å². The van der Waals surface area contributed by atoms with Crippen molar-refractivity contribution >= 4 is 17.5 Å². The van der Waals surface area contributed by atoms with Crippen LogP contribution in [0.25, 0.3) is 0 Å². The molecule has 1 atom stereocenters. The van der Waals surface area contributed by atoms with E-state index < -0.39 is 0 Å². The van der Waals surface area contributed by atoms with Gasteiger partial charge in [-0.2, -0.15) is 0 Å². The molecule has 1 unspecified atom stereocenters. The zero-order valence-corrected chi connectivity index (χ0v) is 11.4. The van der Waals surface area contributed by atoms with Gasteiger partial charge in [-0.25, -0.2) is 4.98 Å². The molecule has 5 nitrogen and oxygen atoms in total. The third-order valence-electron chi connectivity index (χ3n) is 2.68. The van der Waals surface area contributed by atoms with Crippen LogP contribution in [0, 0.1) is 0 Å². The van der Waals surface area contributed by atoms with Crippen LogP contribution in [-0.4, -0.2) is 42.1 Å². The molecule has 1 amide bonds. The van der Waals surface area contributed by atoms with Crippen molar-refractivity contribution in [1.82, 2.24) is 9.88 Å². The number of nitrogens with zero attached hydrogens (tertiary/aromatic N) is 2. The van der Waals surface area contributed by atoms with Crippen molar-refractivity contribution < 1.29 is 9.53 Å². The summed E-state index contributed by atoms with van der Waals surface area (Å²) in [6.07, 6.45) is 0. The number of primary amides is 1. The van der Waals surface area contributed by atoms with Gasteiger partial charge in [-0.3, -0.25) is 9.69 Å².